The smallest absolute Gasteiger partial charge is 0.118 e. The van der Waals surface area contributed by atoms with E-state index in [-0.39, 0.29) is 0 Å². The Kier molecular flexibility index (Phi) is 3.49. The highest BCUT2D eigenvalue weighted by molar-refractivity contribution is 4.78. The van der Waals surface area contributed by atoms with Crippen LogP contribution in [0, 0.1) is 5.92 Å². The van der Waals surface area contributed by atoms with Gasteiger partial charge < -0.3 is 0 Å². The van der Waals surface area contributed by atoms with Crippen molar-refractivity contribution in [1.82, 2.24) is 0 Å². The molecule has 0 aromatic carbocycles. The Bertz CT molecular complexity index is 66.8. The molecule has 0 aliphatic carbocycles. The highest BCUT2D eigenvalue weighted by Crippen LogP contribution is 2.07. The van der Waals surface area contributed by atoms with E-state index in [0.717, 1.165) is 0 Å². The summed E-state index contributed by atoms with van der Waals surface area (Å²) in [6, 6.07) is 0. The van der Waals surface area contributed by atoms with Crippen LogP contribution in [0.3, 0.4) is 0 Å². The van der Waals surface area contributed by atoms with Crippen molar-refractivity contribution in [1.29, 1.82) is 0 Å². The van der Waals surface area contributed by atoms with Gasteiger partial charge >= 0.3 is 0 Å². The van der Waals surface area contributed by atoms with Crippen LogP contribution in [-0.2, 0) is 0 Å². The highest BCUT2D eigenvalue weighted by Gasteiger charge is 2.01. The van der Waals surface area contributed by atoms with Crippen molar-refractivity contribution >= 4 is 0 Å². The van der Waals surface area contributed by atoms with Crippen LogP contribution in [0.4, 0.5) is 4.39 Å². The lowest BCUT2D eigenvalue weighted by molar-refractivity contribution is 0.339. The molecule has 0 amide bonds. The first-order valence-corrected chi connectivity index (χ1v) is 2.93. The zero-order chi connectivity index (χ0) is 6.57. The van der Waals surface area contributed by atoms with Gasteiger partial charge in [-0.25, -0.2) is 4.39 Å². The molecule has 0 saturated heterocycles. The van der Waals surface area contributed by atoms with E-state index in [9.17, 15) is 4.39 Å². The van der Waals surface area contributed by atoms with Crippen molar-refractivity contribution in [2.75, 3.05) is 0 Å². The Hall–Kier alpha value is -0.330. The zero-order valence-corrected chi connectivity index (χ0v) is 5.52. The molecule has 0 aliphatic rings. The number of halogens is 1. The largest absolute Gasteiger partial charge is 0.243 e. The molecule has 48 valence electrons. The van der Waals surface area contributed by atoms with E-state index in [1.54, 1.807) is 0 Å². The number of allylic oxidation sites excluding steroid dienone is 1. The Morgan fingerprint density at radius 3 is 2.25 bits per heavy atom. The van der Waals surface area contributed by atoms with Crippen LogP contribution in [0.2, 0.25) is 0 Å². The van der Waals surface area contributed by atoms with Crippen molar-refractivity contribution in [2.45, 2.75) is 26.4 Å². The Morgan fingerprint density at radius 1 is 1.62 bits per heavy atom. The topological polar surface area (TPSA) is 0 Å². The minimum atomic E-state index is -0.810. The van der Waals surface area contributed by atoms with Gasteiger partial charge in [0.25, 0.3) is 0 Å². The molecule has 0 nitrogen and oxygen atoms in total. The summed E-state index contributed by atoms with van der Waals surface area (Å²) in [7, 11) is 0. The van der Waals surface area contributed by atoms with E-state index >= 15 is 0 Å². The normalized spacial score (nSPS) is 14.0. The van der Waals surface area contributed by atoms with Gasteiger partial charge in [-0.2, -0.15) is 0 Å². The lowest BCUT2D eigenvalue weighted by atomic mass is 10.1. The molecule has 0 N–H and O–H groups in total. The summed E-state index contributed by atoms with van der Waals surface area (Å²) in [5, 5.41) is 0. The van der Waals surface area contributed by atoms with Crippen molar-refractivity contribution in [3.63, 3.8) is 0 Å². The summed E-state index contributed by atoms with van der Waals surface area (Å²) >= 11 is 0. The summed E-state index contributed by atoms with van der Waals surface area (Å²) in [6.07, 6.45) is 1.14. The van der Waals surface area contributed by atoms with Crippen LogP contribution in [0.5, 0.6) is 0 Å². The summed E-state index contributed by atoms with van der Waals surface area (Å²) in [5.41, 5.74) is 0. The predicted molar refractivity (Wildman–Crippen MR) is 34.5 cm³/mol. The van der Waals surface area contributed by atoms with Crippen LogP contribution in [-0.4, -0.2) is 6.17 Å². The summed E-state index contributed by atoms with van der Waals surface area (Å²) in [4.78, 5) is 0. The van der Waals surface area contributed by atoms with Gasteiger partial charge in [0.15, 0.2) is 0 Å². The quantitative estimate of drug-likeness (QED) is 0.497. The number of alkyl halides is 1. The molecule has 1 unspecified atom stereocenters. The van der Waals surface area contributed by atoms with Gasteiger partial charge in [0.05, 0.1) is 0 Å². The zero-order valence-electron chi connectivity index (χ0n) is 5.52. The molecule has 0 bridgehead atoms. The molecule has 0 aliphatic heterocycles. The summed E-state index contributed by atoms with van der Waals surface area (Å²) in [5.74, 6) is 0.433. The molecular weight excluding hydrogens is 103 g/mol. The van der Waals surface area contributed by atoms with Gasteiger partial charge in [0.2, 0.25) is 0 Å². The summed E-state index contributed by atoms with van der Waals surface area (Å²) in [6.45, 7) is 7.33. The molecule has 0 heterocycles. The SMILES string of the molecule is C=CC(F)CC(C)C. The fourth-order valence-electron chi connectivity index (χ4n) is 0.547. The van der Waals surface area contributed by atoms with Gasteiger partial charge in [-0.15, -0.1) is 6.58 Å². The lowest BCUT2D eigenvalue weighted by Crippen LogP contribution is -1.99. The van der Waals surface area contributed by atoms with Gasteiger partial charge in [-0.3, -0.25) is 0 Å². The molecule has 0 spiro atoms. The van der Waals surface area contributed by atoms with Crippen LogP contribution in [0.15, 0.2) is 12.7 Å². The molecule has 1 heteroatoms. The minimum Gasteiger partial charge on any atom is -0.243 e. The van der Waals surface area contributed by atoms with Crippen LogP contribution < -0.4 is 0 Å². The lowest BCUT2D eigenvalue weighted by Gasteiger charge is -2.03. The molecule has 0 fully saturated rings. The molecule has 0 aromatic heterocycles. The maximum atomic E-state index is 12.3. The van der Waals surface area contributed by atoms with Gasteiger partial charge in [-0.1, -0.05) is 19.9 Å². The molecular formula is C7H13F. The first-order valence-electron chi connectivity index (χ1n) is 2.93. The van der Waals surface area contributed by atoms with E-state index in [4.69, 9.17) is 0 Å². The van der Waals surface area contributed by atoms with Crippen molar-refractivity contribution < 1.29 is 4.39 Å². The fourth-order valence-corrected chi connectivity index (χ4v) is 0.547. The molecule has 0 rings (SSSR count). The maximum absolute atomic E-state index is 12.3. The summed E-state index contributed by atoms with van der Waals surface area (Å²) < 4.78 is 12.3. The average Bonchev–Trinajstić information content (AvgIpc) is 1.65. The van der Waals surface area contributed by atoms with E-state index in [2.05, 4.69) is 6.58 Å². The predicted octanol–water partition coefficient (Wildman–Crippen LogP) is 2.56. The molecule has 0 saturated carbocycles. The second-order valence-corrected chi connectivity index (χ2v) is 2.38. The second kappa shape index (κ2) is 3.65. The average molecular weight is 116 g/mol. The Balaban J connectivity index is 3.23. The van der Waals surface area contributed by atoms with Crippen LogP contribution in [0.25, 0.3) is 0 Å². The van der Waals surface area contributed by atoms with Crippen molar-refractivity contribution in [3.05, 3.63) is 12.7 Å². The highest BCUT2D eigenvalue weighted by atomic mass is 19.1. The molecule has 0 radical (unpaired) electrons. The monoisotopic (exact) mass is 116 g/mol. The number of rotatable bonds is 3. The third-order valence-corrected chi connectivity index (χ3v) is 0.952. The Labute approximate surface area is 50.4 Å². The fraction of sp³-hybridized carbons (Fsp3) is 0.714. The van der Waals surface area contributed by atoms with Crippen LogP contribution in [0.1, 0.15) is 20.3 Å². The Morgan fingerprint density at radius 2 is 2.12 bits per heavy atom. The minimum absolute atomic E-state index is 0.433. The van der Waals surface area contributed by atoms with Crippen LogP contribution >= 0.6 is 0 Å². The molecule has 8 heavy (non-hydrogen) atoms. The van der Waals surface area contributed by atoms with Crippen molar-refractivity contribution in [3.8, 4) is 0 Å². The number of hydrogen-bond acceptors (Lipinski definition) is 0. The maximum Gasteiger partial charge on any atom is 0.118 e. The van der Waals surface area contributed by atoms with E-state index < -0.39 is 6.17 Å². The van der Waals surface area contributed by atoms with Gasteiger partial charge in [-0.05, 0) is 12.3 Å². The molecule has 0 aromatic rings. The third-order valence-electron chi connectivity index (χ3n) is 0.952. The van der Waals surface area contributed by atoms with E-state index in [1.807, 2.05) is 13.8 Å². The second-order valence-electron chi connectivity index (χ2n) is 2.38. The van der Waals surface area contributed by atoms with E-state index in [1.165, 1.54) is 6.08 Å². The standard InChI is InChI=1S/C7H13F/c1-4-7(8)5-6(2)3/h4,6-7H,1,5H2,2-3H3. The third kappa shape index (κ3) is 3.85. The number of hydrogen-bond donors (Lipinski definition) is 0. The molecule has 1 atom stereocenters. The van der Waals surface area contributed by atoms with Crippen molar-refractivity contribution in [2.24, 2.45) is 5.92 Å². The first kappa shape index (κ1) is 7.67. The van der Waals surface area contributed by atoms with E-state index in [0.29, 0.717) is 12.3 Å². The first-order chi connectivity index (χ1) is 3.66. The van der Waals surface area contributed by atoms with Gasteiger partial charge in [0, 0.05) is 0 Å². The van der Waals surface area contributed by atoms with Gasteiger partial charge in [0.1, 0.15) is 6.17 Å².